The van der Waals surface area contributed by atoms with Gasteiger partial charge in [-0.05, 0) is 25.7 Å². The van der Waals surface area contributed by atoms with E-state index in [9.17, 15) is 9.59 Å². The lowest BCUT2D eigenvalue weighted by Gasteiger charge is -2.50. The quantitative estimate of drug-likeness (QED) is 0.760. The molecule has 1 fully saturated rings. The third kappa shape index (κ3) is 2.13. The van der Waals surface area contributed by atoms with Crippen LogP contribution in [0.1, 0.15) is 65.2 Å². The number of carbonyl (C=O) groups excluding carboxylic acids is 2. The summed E-state index contributed by atoms with van der Waals surface area (Å²) in [5.41, 5.74) is 9.93. The predicted molar refractivity (Wildman–Crippen MR) is 71.5 cm³/mol. The second-order valence-electron chi connectivity index (χ2n) is 5.60. The van der Waals surface area contributed by atoms with Crippen molar-refractivity contribution in [1.82, 2.24) is 0 Å². The average molecular weight is 254 g/mol. The first-order chi connectivity index (χ1) is 8.47. The average Bonchev–Trinajstić information content (AvgIpc) is 2.31. The highest BCUT2D eigenvalue weighted by molar-refractivity contribution is 5.92. The molecule has 0 spiro atoms. The smallest absolute Gasteiger partial charge is 0.224 e. The Balaban J connectivity index is 3.30. The van der Waals surface area contributed by atoms with E-state index in [0.29, 0.717) is 25.7 Å². The van der Waals surface area contributed by atoms with Gasteiger partial charge >= 0.3 is 0 Å². The minimum Gasteiger partial charge on any atom is -0.369 e. The zero-order chi connectivity index (χ0) is 13.8. The maximum Gasteiger partial charge on any atom is 0.224 e. The van der Waals surface area contributed by atoms with E-state index < -0.39 is 10.8 Å². The molecular weight excluding hydrogens is 228 g/mol. The molecule has 2 atom stereocenters. The van der Waals surface area contributed by atoms with Crippen molar-refractivity contribution < 1.29 is 9.59 Å². The van der Waals surface area contributed by atoms with E-state index in [1.165, 1.54) is 0 Å². The molecule has 18 heavy (non-hydrogen) atoms. The molecule has 1 aliphatic rings. The number of hydrogen-bond acceptors (Lipinski definition) is 2. The molecule has 4 N–H and O–H groups in total. The van der Waals surface area contributed by atoms with Gasteiger partial charge in [-0.2, -0.15) is 0 Å². The molecule has 2 unspecified atom stereocenters. The monoisotopic (exact) mass is 254 g/mol. The van der Waals surface area contributed by atoms with Gasteiger partial charge in [0.2, 0.25) is 11.8 Å². The molecule has 0 aliphatic heterocycles. The van der Waals surface area contributed by atoms with Gasteiger partial charge in [0.05, 0.1) is 10.8 Å². The van der Waals surface area contributed by atoms with Gasteiger partial charge < -0.3 is 11.5 Å². The topological polar surface area (TPSA) is 86.2 Å². The van der Waals surface area contributed by atoms with E-state index in [1.807, 2.05) is 13.8 Å². The molecular formula is C14H26N2O2. The van der Waals surface area contributed by atoms with E-state index >= 15 is 0 Å². The Bertz CT molecular complexity index is 290. The summed E-state index contributed by atoms with van der Waals surface area (Å²) in [6.07, 6.45) is 6.38. The molecule has 4 heteroatoms. The lowest BCUT2D eigenvalue weighted by atomic mass is 9.52. The van der Waals surface area contributed by atoms with Crippen LogP contribution >= 0.6 is 0 Å². The van der Waals surface area contributed by atoms with Crippen LogP contribution in [0.25, 0.3) is 0 Å². The molecule has 1 aliphatic carbocycles. The van der Waals surface area contributed by atoms with Crippen LogP contribution in [0.3, 0.4) is 0 Å². The van der Waals surface area contributed by atoms with Gasteiger partial charge in [0.25, 0.3) is 0 Å². The standard InChI is InChI=1S/C14H26N2O2/c1-3-7-13(11(15)17)9-5-6-10-14(13,8-4-2)12(16)18/h3-10H2,1-2H3,(H2,15,17)(H2,16,18). The Morgan fingerprint density at radius 1 is 0.889 bits per heavy atom. The third-order valence-electron chi connectivity index (χ3n) is 4.67. The van der Waals surface area contributed by atoms with Crippen LogP contribution in [0, 0.1) is 10.8 Å². The van der Waals surface area contributed by atoms with Crippen molar-refractivity contribution in [2.75, 3.05) is 0 Å². The minimum absolute atomic E-state index is 0.337. The summed E-state index contributed by atoms with van der Waals surface area (Å²) < 4.78 is 0. The number of amides is 2. The fourth-order valence-corrected chi connectivity index (χ4v) is 3.88. The first kappa shape index (κ1) is 15.0. The van der Waals surface area contributed by atoms with Crippen LogP contribution < -0.4 is 11.5 Å². The van der Waals surface area contributed by atoms with Crippen molar-refractivity contribution in [3.63, 3.8) is 0 Å². The first-order valence-electron chi connectivity index (χ1n) is 7.06. The third-order valence-corrected chi connectivity index (χ3v) is 4.67. The zero-order valence-corrected chi connectivity index (χ0v) is 11.6. The van der Waals surface area contributed by atoms with Crippen molar-refractivity contribution in [2.24, 2.45) is 22.3 Å². The van der Waals surface area contributed by atoms with E-state index in [4.69, 9.17) is 11.5 Å². The molecule has 0 radical (unpaired) electrons. The molecule has 0 heterocycles. The summed E-state index contributed by atoms with van der Waals surface area (Å²) >= 11 is 0. The van der Waals surface area contributed by atoms with E-state index in [-0.39, 0.29) is 11.8 Å². The van der Waals surface area contributed by atoms with Crippen molar-refractivity contribution in [1.29, 1.82) is 0 Å². The van der Waals surface area contributed by atoms with Crippen molar-refractivity contribution in [3.8, 4) is 0 Å². The van der Waals surface area contributed by atoms with Crippen LogP contribution in [0.15, 0.2) is 0 Å². The number of primary amides is 2. The lowest BCUT2D eigenvalue weighted by molar-refractivity contribution is -0.156. The Morgan fingerprint density at radius 2 is 1.22 bits per heavy atom. The SMILES string of the molecule is CCCC1(C(N)=O)CCCCC1(CCC)C(N)=O. The highest BCUT2D eigenvalue weighted by Crippen LogP contribution is 2.55. The summed E-state index contributed by atoms with van der Waals surface area (Å²) in [7, 11) is 0. The molecule has 0 bridgehead atoms. The number of nitrogens with two attached hydrogens (primary N) is 2. The Labute approximate surface area is 109 Å². The second-order valence-corrected chi connectivity index (χ2v) is 5.60. The van der Waals surface area contributed by atoms with Crippen LogP contribution in [0.2, 0.25) is 0 Å². The summed E-state index contributed by atoms with van der Waals surface area (Å²) in [6, 6.07) is 0. The summed E-state index contributed by atoms with van der Waals surface area (Å²) in [6.45, 7) is 4.05. The maximum absolute atomic E-state index is 12.1. The van der Waals surface area contributed by atoms with E-state index in [1.54, 1.807) is 0 Å². The Morgan fingerprint density at radius 3 is 1.44 bits per heavy atom. The first-order valence-corrected chi connectivity index (χ1v) is 7.06. The zero-order valence-electron chi connectivity index (χ0n) is 11.6. The van der Waals surface area contributed by atoms with Crippen LogP contribution in [0.5, 0.6) is 0 Å². The molecule has 0 aromatic heterocycles. The lowest BCUT2D eigenvalue weighted by Crippen LogP contribution is -2.58. The largest absolute Gasteiger partial charge is 0.369 e. The molecule has 4 nitrogen and oxygen atoms in total. The number of rotatable bonds is 6. The van der Waals surface area contributed by atoms with Gasteiger partial charge in [-0.1, -0.05) is 39.5 Å². The van der Waals surface area contributed by atoms with Gasteiger partial charge in [-0.15, -0.1) is 0 Å². The maximum atomic E-state index is 12.1. The summed E-state index contributed by atoms with van der Waals surface area (Å²) in [4.78, 5) is 24.2. The molecule has 1 rings (SSSR count). The van der Waals surface area contributed by atoms with Crippen LogP contribution in [0.4, 0.5) is 0 Å². The molecule has 0 saturated heterocycles. The molecule has 104 valence electrons. The molecule has 0 aromatic carbocycles. The molecule has 2 amide bonds. The van der Waals surface area contributed by atoms with Gasteiger partial charge in [0.15, 0.2) is 0 Å². The van der Waals surface area contributed by atoms with Gasteiger partial charge in [-0.3, -0.25) is 9.59 Å². The van der Waals surface area contributed by atoms with Crippen LogP contribution in [-0.4, -0.2) is 11.8 Å². The van der Waals surface area contributed by atoms with Crippen molar-refractivity contribution in [2.45, 2.75) is 65.2 Å². The minimum atomic E-state index is -0.720. The molecule has 1 saturated carbocycles. The fraction of sp³-hybridized carbons (Fsp3) is 0.857. The normalized spacial score (nSPS) is 32.1. The number of hydrogen-bond donors (Lipinski definition) is 2. The Hall–Kier alpha value is -1.06. The van der Waals surface area contributed by atoms with E-state index in [2.05, 4.69) is 0 Å². The van der Waals surface area contributed by atoms with Crippen molar-refractivity contribution >= 4 is 11.8 Å². The van der Waals surface area contributed by atoms with Crippen LogP contribution in [-0.2, 0) is 9.59 Å². The Kier molecular flexibility index (Phi) is 4.77. The summed E-state index contributed by atoms with van der Waals surface area (Å²) in [5, 5.41) is 0. The molecule has 0 aromatic rings. The van der Waals surface area contributed by atoms with E-state index in [0.717, 1.165) is 25.7 Å². The van der Waals surface area contributed by atoms with Crippen molar-refractivity contribution in [3.05, 3.63) is 0 Å². The van der Waals surface area contributed by atoms with Gasteiger partial charge in [0, 0.05) is 0 Å². The van der Waals surface area contributed by atoms with Gasteiger partial charge in [0.1, 0.15) is 0 Å². The highest BCUT2D eigenvalue weighted by atomic mass is 16.2. The highest BCUT2D eigenvalue weighted by Gasteiger charge is 2.58. The summed E-state index contributed by atoms with van der Waals surface area (Å²) in [5.74, 6) is -0.674. The predicted octanol–water partition coefficient (Wildman–Crippen LogP) is 2.10. The fourth-order valence-electron chi connectivity index (χ4n) is 3.88. The number of carbonyl (C=O) groups is 2. The van der Waals surface area contributed by atoms with Gasteiger partial charge in [-0.25, -0.2) is 0 Å². The second kappa shape index (κ2) is 5.72.